The van der Waals surface area contributed by atoms with Crippen LogP contribution in [0.3, 0.4) is 0 Å². The summed E-state index contributed by atoms with van der Waals surface area (Å²) in [6, 6.07) is -0.252. The van der Waals surface area contributed by atoms with Gasteiger partial charge in [0.2, 0.25) is 0 Å². The number of nitrogens with zero attached hydrogens (tertiary/aromatic N) is 1. The van der Waals surface area contributed by atoms with Crippen LogP contribution in [0.4, 0.5) is 4.79 Å². The molecule has 2 N–H and O–H groups in total. The van der Waals surface area contributed by atoms with Crippen LogP contribution in [0.5, 0.6) is 0 Å². The van der Waals surface area contributed by atoms with E-state index in [2.05, 4.69) is 0 Å². The number of likely N-dealkylation sites (tertiary alicyclic amines) is 1. The van der Waals surface area contributed by atoms with Gasteiger partial charge in [-0.15, -0.1) is 0 Å². The van der Waals surface area contributed by atoms with Crippen LogP contribution in [0, 0.1) is 5.92 Å². The fourth-order valence-corrected chi connectivity index (χ4v) is 1.78. The van der Waals surface area contributed by atoms with Gasteiger partial charge in [-0.3, -0.25) is 0 Å². The molecule has 0 saturated carbocycles. The SMILES string of the molecule is COC[C@H]1C[C@@H](CO)N(C(=O)O)C1. The summed E-state index contributed by atoms with van der Waals surface area (Å²) in [4.78, 5) is 12.0. The van der Waals surface area contributed by atoms with Crippen molar-refractivity contribution in [2.45, 2.75) is 12.5 Å². The van der Waals surface area contributed by atoms with Gasteiger partial charge in [0, 0.05) is 19.6 Å². The summed E-state index contributed by atoms with van der Waals surface area (Å²) in [7, 11) is 1.59. The van der Waals surface area contributed by atoms with Crippen LogP contribution in [-0.2, 0) is 4.74 Å². The summed E-state index contributed by atoms with van der Waals surface area (Å²) in [5.41, 5.74) is 0. The number of ether oxygens (including phenoxy) is 1. The van der Waals surface area contributed by atoms with Crippen LogP contribution >= 0.6 is 0 Å². The molecule has 0 radical (unpaired) electrons. The minimum absolute atomic E-state index is 0.105. The van der Waals surface area contributed by atoms with Crippen molar-refractivity contribution in [2.24, 2.45) is 5.92 Å². The topological polar surface area (TPSA) is 70.0 Å². The number of amides is 1. The van der Waals surface area contributed by atoms with Gasteiger partial charge in [0.1, 0.15) is 0 Å². The van der Waals surface area contributed by atoms with Crippen LogP contribution < -0.4 is 0 Å². The van der Waals surface area contributed by atoms with Crippen LogP contribution in [-0.4, -0.2) is 54.1 Å². The van der Waals surface area contributed by atoms with E-state index in [0.29, 0.717) is 19.6 Å². The van der Waals surface area contributed by atoms with Crippen molar-refractivity contribution in [1.82, 2.24) is 4.90 Å². The first-order valence-corrected chi connectivity index (χ1v) is 4.28. The molecule has 0 aromatic carbocycles. The number of aliphatic hydroxyl groups excluding tert-OH is 1. The molecular formula is C8H15NO4. The molecule has 1 fully saturated rings. The highest BCUT2D eigenvalue weighted by atomic mass is 16.5. The zero-order valence-electron chi connectivity index (χ0n) is 7.64. The predicted molar refractivity (Wildman–Crippen MR) is 45.6 cm³/mol. The van der Waals surface area contributed by atoms with E-state index in [9.17, 15) is 4.79 Å². The molecule has 1 aliphatic heterocycles. The minimum atomic E-state index is -0.961. The summed E-state index contributed by atoms with van der Waals surface area (Å²) in [5, 5.41) is 17.7. The summed E-state index contributed by atoms with van der Waals surface area (Å²) in [6.07, 6.45) is -0.269. The van der Waals surface area contributed by atoms with Gasteiger partial charge in [-0.25, -0.2) is 4.79 Å². The first kappa shape index (κ1) is 10.3. The molecule has 0 aliphatic carbocycles. The number of methoxy groups -OCH3 is 1. The number of carboxylic acid groups (broad SMARTS) is 1. The van der Waals surface area contributed by atoms with Gasteiger partial charge in [-0.1, -0.05) is 0 Å². The second-order valence-corrected chi connectivity index (χ2v) is 3.33. The largest absolute Gasteiger partial charge is 0.465 e. The summed E-state index contributed by atoms with van der Waals surface area (Å²) in [5.74, 6) is 0.221. The third kappa shape index (κ3) is 2.32. The fraction of sp³-hybridized carbons (Fsp3) is 0.875. The summed E-state index contributed by atoms with van der Waals surface area (Å²) >= 11 is 0. The lowest BCUT2D eigenvalue weighted by molar-refractivity contribution is 0.116. The van der Waals surface area contributed by atoms with E-state index >= 15 is 0 Å². The van der Waals surface area contributed by atoms with Gasteiger partial charge in [0.25, 0.3) is 0 Å². The van der Waals surface area contributed by atoms with Gasteiger partial charge < -0.3 is 19.8 Å². The van der Waals surface area contributed by atoms with E-state index < -0.39 is 6.09 Å². The minimum Gasteiger partial charge on any atom is -0.465 e. The summed E-state index contributed by atoms with van der Waals surface area (Å²) < 4.78 is 4.95. The van der Waals surface area contributed by atoms with E-state index in [1.165, 1.54) is 4.90 Å². The van der Waals surface area contributed by atoms with E-state index in [0.717, 1.165) is 0 Å². The van der Waals surface area contributed by atoms with Gasteiger partial charge in [0.15, 0.2) is 0 Å². The van der Waals surface area contributed by atoms with Crippen LogP contribution in [0.15, 0.2) is 0 Å². The molecule has 1 amide bonds. The normalized spacial score (nSPS) is 28.0. The molecule has 0 unspecified atom stereocenters. The number of hydrogen-bond donors (Lipinski definition) is 2. The highest BCUT2D eigenvalue weighted by Gasteiger charge is 2.34. The molecule has 5 nitrogen and oxygen atoms in total. The second-order valence-electron chi connectivity index (χ2n) is 3.33. The zero-order valence-corrected chi connectivity index (χ0v) is 7.64. The maximum absolute atomic E-state index is 10.7. The lowest BCUT2D eigenvalue weighted by atomic mass is 10.1. The van der Waals surface area contributed by atoms with Crippen molar-refractivity contribution >= 4 is 6.09 Å². The molecule has 1 rings (SSSR count). The molecule has 76 valence electrons. The highest BCUT2D eigenvalue weighted by Crippen LogP contribution is 2.22. The van der Waals surface area contributed by atoms with Gasteiger partial charge >= 0.3 is 6.09 Å². The van der Waals surface area contributed by atoms with Crippen molar-refractivity contribution in [3.8, 4) is 0 Å². The molecule has 13 heavy (non-hydrogen) atoms. The Hall–Kier alpha value is -0.810. The van der Waals surface area contributed by atoms with Crippen molar-refractivity contribution in [1.29, 1.82) is 0 Å². The maximum Gasteiger partial charge on any atom is 0.407 e. The first-order chi connectivity index (χ1) is 6.19. The average Bonchev–Trinajstić information content (AvgIpc) is 2.48. The summed E-state index contributed by atoms with van der Waals surface area (Å²) in [6.45, 7) is 0.918. The predicted octanol–water partition coefficient (Wildman–Crippen LogP) is -0.00640. The van der Waals surface area contributed by atoms with E-state index in [-0.39, 0.29) is 18.6 Å². The van der Waals surface area contributed by atoms with E-state index in [1.54, 1.807) is 7.11 Å². The smallest absolute Gasteiger partial charge is 0.407 e. The number of carbonyl (C=O) groups is 1. The fourth-order valence-electron chi connectivity index (χ4n) is 1.78. The van der Waals surface area contributed by atoms with Gasteiger partial charge in [-0.05, 0) is 6.42 Å². The molecular weight excluding hydrogens is 174 g/mol. The first-order valence-electron chi connectivity index (χ1n) is 4.28. The van der Waals surface area contributed by atoms with Crippen LogP contribution in [0.2, 0.25) is 0 Å². The van der Waals surface area contributed by atoms with E-state index in [1.807, 2.05) is 0 Å². The Morgan fingerprint density at radius 3 is 2.77 bits per heavy atom. The molecule has 0 aromatic rings. The molecule has 1 heterocycles. The second kappa shape index (κ2) is 4.43. The number of rotatable bonds is 3. The Kier molecular flexibility index (Phi) is 3.50. The number of hydrogen-bond acceptors (Lipinski definition) is 3. The highest BCUT2D eigenvalue weighted by molar-refractivity contribution is 5.65. The molecule has 0 spiro atoms. The zero-order chi connectivity index (χ0) is 9.84. The Morgan fingerprint density at radius 1 is 1.69 bits per heavy atom. The van der Waals surface area contributed by atoms with Crippen LogP contribution in [0.1, 0.15) is 6.42 Å². The molecule has 5 heteroatoms. The monoisotopic (exact) mass is 189 g/mol. The van der Waals surface area contributed by atoms with Crippen molar-refractivity contribution in [2.75, 3.05) is 26.9 Å². The van der Waals surface area contributed by atoms with E-state index in [4.69, 9.17) is 14.9 Å². The number of aliphatic hydroxyl groups is 1. The lowest BCUT2D eigenvalue weighted by Crippen LogP contribution is -2.36. The third-order valence-corrected chi connectivity index (χ3v) is 2.36. The maximum atomic E-state index is 10.7. The molecule has 0 aromatic heterocycles. The molecule has 2 atom stereocenters. The van der Waals surface area contributed by atoms with Crippen LogP contribution in [0.25, 0.3) is 0 Å². The van der Waals surface area contributed by atoms with Crippen molar-refractivity contribution in [3.63, 3.8) is 0 Å². The Morgan fingerprint density at radius 2 is 2.38 bits per heavy atom. The lowest BCUT2D eigenvalue weighted by Gasteiger charge is -2.18. The Balaban J connectivity index is 2.50. The third-order valence-electron chi connectivity index (χ3n) is 2.36. The Labute approximate surface area is 76.9 Å². The molecule has 0 bridgehead atoms. The quantitative estimate of drug-likeness (QED) is 0.655. The average molecular weight is 189 g/mol. The molecule has 1 aliphatic rings. The van der Waals surface area contributed by atoms with Gasteiger partial charge in [-0.2, -0.15) is 0 Å². The Bertz CT molecular complexity index is 185. The molecule has 1 saturated heterocycles. The van der Waals surface area contributed by atoms with Crippen molar-refractivity contribution in [3.05, 3.63) is 0 Å². The van der Waals surface area contributed by atoms with Crippen molar-refractivity contribution < 1.29 is 19.7 Å². The van der Waals surface area contributed by atoms with Gasteiger partial charge in [0.05, 0.1) is 19.3 Å². The standard InChI is InChI=1S/C8H15NO4/c1-13-5-6-2-7(4-10)9(3-6)8(11)12/h6-7,10H,2-5H2,1H3,(H,11,12)/t6-,7-/m0/s1.